The van der Waals surface area contributed by atoms with E-state index in [0.717, 1.165) is 0 Å². The van der Waals surface area contributed by atoms with Crippen molar-refractivity contribution in [2.24, 2.45) is 0 Å². The molecule has 1 aromatic rings. The van der Waals surface area contributed by atoms with E-state index in [-0.39, 0.29) is 0 Å². The topological polar surface area (TPSA) is 40.5 Å². The van der Waals surface area contributed by atoms with Gasteiger partial charge in [0.05, 0.1) is 10.0 Å². The molecule has 0 aliphatic rings. The predicted molar refractivity (Wildman–Crippen MR) is 55.8 cm³/mol. The first-order valence-electron chi connectivity index (χ1n) is 3.76. The predicted octanol–water partition coefficient (Wildman–Crippen LogP) is 4.13. The molecule has 0 aliphatic carbocycles. The zero-order valence-corrected chi connectivity index (χ0v) is 8.97. The number of hydrogen-bond donors (Lipinski definition) is 2. The van der Waals surface area contributed by atoms with Gasteiger partial charge >= 0.3 is 0 Å². The number of rotatable bonds is 1. The van der Waals surface area contributed by atoms with Crippen LogP contribution in [0.25, 0.3) is 0 Å². The highest BCUT2D eigenvalue weighted by molar-refractivity contribution is 6.42. The Kier molecular flexibility index (Phi) is 6.08. The number of benzene rings is 1. The summed E-state index contributed by atoms with van der Waals surface area (Å²) in [7, 11) is 0. The Labute approximate surface area is 87.7 Å². The van der Waals surface area contributed by atoms with Crippen molar-refractivity contribution in [3.63, 3.8) is 0 Å². The molecule has 0 aromatic heterocycles. The molecule has 1 rings (SSSR count). The summed E-state index contributed by atoms with van der Waals surface area (Å²) in [5.74, 6) is 0.504. The van der Waals surface area contributed by atoms with Crippen LogP contribution in [0.3, 0.4) is 0 Å². The normalized spacial score (nSPS) is 9.46. The molecule has 0 heterocycles. The van der Waals surface area contributed by atoms with Crippen molar-refractivity contribution < 1.29 is 10.5 Å². The summed E-state index contributed by atoms with van der Waals surface area (Å²) in [5, 5.41) is 13.3. The van der Waals surface area contributed by atoms with Crippen LogP contribution in [0.1, 0.15) is 25.3 Å². The summed E-state index contributed by atoms with van der Waals surface area (Å²) in [6.45, 7) is 4.25. The minimum absolute atomic E-state index is 0.504. The van der Waals surface area contributed by atoms with Gasteiger partial charge in [-0.25, -0.2) is 0 Å². The molecule has 2 nitrogen and oxygen atoms in total. The van der Waals surface area contributed by atoms with Crippen molar-refractivity contribution in [2.45, 2.75) is 19.8 Å². The van der Waals surface area contributed by atoms with Crippen LogP contribution in [0, 0.1) is 0 Å². The van der Waals surface area contributed by atoms with Crippen LogP contribution in [0.4, 0.5) is 0 Å². The Morgan fingerprint density at radius 1 is 1.08 bits per heavy atom. The lowest BCUT2D eigenvalue weighted by atomic mass is 10.0. The van der Waals surface area contributed by atoms with Crippen molar-refractivity contribution in [1.29, 1.82) is 0 Å². The Bertz CT molecular complexity index is 262. The van der Waals surface area contributed by atoms with Crippen molar-refractivity contribution in [3.8, 4) is 0 Å². The molecule has 2 N–H and O–H groups in total. The van der Waals surface area contributed by atoms with Gasteiger partial charge in [0.1, 0.15) is 0 Å². The van der Waals surface area contributed by atoms with E-state index >= 15 is 0 Å². The molecule has 13 heavy (non-hydrogen) atoms. The first kappa shape index (κ1) is 12.7. The van der Waals surface area contributed by atoms with E-state index in [2.05, 4.69) is 13.8 Å². The minimum atomic E-state index is 0.504. The van der Waals surface area contributed by atoms with Gasteiger partial charge in [0, 0.05) is 0 Å². The van der Waals surface area contributed by atoms with E-state index in [1.807, 2.05) is 18.2 Å². The lowest BCUT2D eigenvalue weighted by molar-refractivity contribution is -0.176. The van der Waals surface area contributed by atoms with Crippen LogP contribution in [0.5, 0.6) is 0 Å². The highest BCUT2D eigenvalue weighted by Crippen LogP contribution is 2.25. The van der Waals surface area contributed by atoms with Crippen LogP contribution in [-0.4, -0.2) is 10.5 Å². The van der Waals surface area contributed by atoms with E-state index in [1.54, 1.807) is 0 Å². The summed E-state index contributed by atoms with van der Waals surface area (Å²) in [6, 6.07) is 5.74. The molecule has 1 aromatic carbocycles. The van der Waals surface area contributed by atoms with Crippen molar-refractivity contribution >= 4 is 23.2 Å². The smallest absolute Gasteiger partial charge is 0.0595 e. The quantitative estimate of drug-likeness (QED) is 0.554. The third-order valence-electron chi connectivity index (χ3n) is 1.61. The summed E-state index contributed by atoms with van der Waals surface area (Å²) in [5.41, 5.74) is 1.22. The fraction of sp³-hybridized carbons (Fsp3) is 0.333. The van der Waals surface area contributed by atoms with Crippen LogP contribution >= 0.6 is 23.2 Å². The fourth-order valence-corrected chi connectivity index (χ4v) is 1.18. The Morgan fingerprint density at radius 2 is 1.62 bits per heavy atom. The summed E-state index contributed by atoms with van der Waals surface area (Å²) in [6.07, 6.45) is 0. The van der Waals surface area contributed by atoms with Crippen LogP contribution in [0.2, 0.25) is 10.0 Å². The minimum Gasteiger partial charge on any atom is -0.255 e. The van der Waals surface area contributed by atoms with E-state index in [9.17, 15) is 0 Å². The molecular formula is C9H12Cl2O2. The lowest BCUT2D eigenvalue weighted by Crippen LogP contribution is -1.85. The van der Waals surface area contributed by atoms with Crippen molar-refractivity contribution in [3.05, 3.63) is 33.8 Å². The molecule has 0 atom stereocenters. The van der Waals surface area contributed by atoms with Gasteiger partial charge in [-0.2, -0.15) is 0 Å². The zero-order chi connectivity index (χ0) is 10.4. The van der Waals surface area contributed by atoms with E-state index in [1.165, 1.54) is 5.56 Å². The third-order valence-corrected chi connectivity index (χ3v) is 2.35. The Morgan fingerprint density at radius 3 is 2.00 bits per heavy atom. The SMILES string of the molecule is CC(C)c1ccc(Cl)c(Cl)c1.OO. The van der Waals surface area contributed by atoms with Crippen LogP contribution < -0.4 is 0 Å². The van der Waals surface area contributed by atoms with Gasteiger partial charge in [-0.05, 0) is 23.6 Å². The standard InChI is InChI=1S/C9H10Cl2.H2O2/c1-6(2)7-3-4-8(10)9(11)5-7;1-2/h3-6H,1-2H3;1-2H. The molecule has 0 amide bonds. The zero-order valence-electron chi connectivity index (χ0n) is 7.46. The van der Waals surface area contributed by atoms with E-state index in [4.69, 9.17) is 33.7 Å². The maximum absolute atomic E-state index is 6.00. The molecule has 0 spiro atoms. The van der Waals surface area contributed by atoms with E-state index < -0.39 is 0 Å². The maximum atomic E-state index is 6.00. The first-order valence-corrected chi connectivity index (χ1v) is 4.52. The summed E-state index contributed by atoms with van der Waals surface area (Å²) in [4.78, 5) is 0. The molecule has 0 saturated heterocycles. The van der Waals surface area contributed by atoms with Gasteiger partial charge in [-0.1, -0.05) is 43.1 Å². The van der Waals surface area contributed by atoms with Gasteiger partial charge < -0.3 is 0 Å². The van der Waals surface area contributed by atoms with Crippen LogP contribution in [0.15, 0.2) is 18.2 Å². The lowest BCUT2D eigenvalue weighted by Gasteiger charge is -2.05. The number of hydrogen-bond acceptors (Lipinski definition) is 2. The van der Waals surface area contributed by atoms with Crippen molar-refractivity contribution in [2.75, 3.05) is 0 Å². The fourth-order valence-electron chi connectivity index (χ4n) is 0.871. The average molecular weight is 223 g/mol. The molecule has 4 heteroatoms. The molecule has 0 unspecified atom stereocenters. The van der Waals surface area contributed by atoms with Gasteiger partial charge in [0.25, 0.3) is 0 Å². The van der Waals surface area contributed by atoms with Gasteiger partial charge in [0.2, 0.25) is 0 Å². The second-order valence-electron chi connectivity index (χ2n) is 2.83. The second-order valence-corrected chi connectivity index (χ2v) is 3.64. The van der Waals surface area contributed by atoms with Crippen LogP contribution in [-0.2, 0) is 0 Å². The molecule has 74 valence electrons. The highest BCUT2D eigenvalue weighted by Gasteiger charge is 2.01. The molecule has 0 bridgehead atoms. The first-order chi connectivity index (χ1) is 6.11. The second kappa shape index (κ2) is 6.22. The Balaban J connectivity index is 0.000000671. The van der Waals surface area contributed by atoms with E-state index in [0.29, 0.717) is 16.0 Å². The molecular weight excluding hydrogens is 211 g/mol. The average Bonchev–Trinajstić information content (AvgIpc) is 2.13. The molecule has 0 fully saturated rings. The Hall–Kier alpha value is -0.280. The highest BCUT2D eigenvalue weighted by atomic mass is 35.5. The molecule has 0 aliphatic heterocycles. The third kappa shape index (κ3) is 3.96. The monoisotopic (exact) mass is 222 g/mol. The maximum Gasteiger partial charge on any atom is 0.0595 e. The van der Waals surface area contributed by atoms with Crippen molar-refractivity contribution in [1.82, 2.24) is 0 Å². The number of halogens is 2. The summed E-state index contributed by atoms with van der Waals surface area (Å²) >= 11 is 11.6. The molecule has 0 radical (unpaired) electrons. The summed E-state index contributed by atoms with van der Waals surface area (Å²) < 4.78 is 0. The van der Waals surface area contributed by atoms with Gasteiger partial charge in [0.15, 0.2) is 0 Å². The largest absolute Gasteiger partial charge is 0.255 e. The van der Waals surface area contributed by atoms with Gasteiger partial charge in [-0.15, -0.1) is 0 Å². The van der Waals surface area contributed by atoms with Gasteiger partial charge in [-0.3, -0.25) is 10.5 Å². The molecule has 0 saturated carbocycles.